The number of ether oxygens (including phenoxy) is 1. The number of amides is 1. The quantitative estimate of drug-likeness (QED) is 0.882. The van der Waals surface area contributed by atoms with Crippen molar-refractivity contribution in [3.05, 3.63) is 34.3 Å². The number of hydrogen-bond donors (Lipinski definition) is 2. The minimum atomic E-state index is -0.826. The SMILES string of the molecule is CC(C(=O)NCC1(O)CCOCC1)c1ccc(Br)cc1. The molecular formula is C15H20BrNO3. The summed E-state index contributed by atoms with van der Waals surface area (Å²) < 4.78 is 6.21. The van der Waals surface area contributed by atoms with Crippen LogP contribution in [-0.4, -0.2) is 36.4 Å². The first-order chi connectivity index (χ1) is 9.50. The predicted octanol–water partition coefficient (Wildman–Crippen LogP) is 2.21. The Balaban J connectivity index is 1.89. The molecule has 1 amide bonds. The minimum absolute atomic E-state index is 0.0627. The second-order valence-electron chi connectivity index (χ2n) is 5.33. The first kappa shape index (κ1) is 15.5. The van der Waals surface area contributed by atoms with Gasteiger partial charge in [0.1, 0.15) is 0 Å². The molecule has 1 saturated heterocycles. The fourth-order valence-electron chi connectivity index (χ4n) is 2.24. The zero-order valence-corrected chi connectivity index (χ0v) is 13.1. The van der Waals surface area contributed by atoms with E-state index in [2.05, 4.69) is 21.2 Å². The van der Waals surface area contributed by atoms with Crippen LogP contribution >= 0.6 is 15.9 Å². The van der Waals surface area contributed by atoms with Crippen molar-refractivity contribution in [1.82, 2.24) is 5.32 Å². The van der Waals surface area contributed by atoms with E-state index in [1.165, 1.54) is 0 Å². The van der Waals surface area contributed by atoms with Crippen molar-refractivity contribution in [3.63, 3.8) is 0 Å². The number of carbonyl (C=O) groups excluding carboxylic acids is 1. The van der Waals surface area contributed by atoms with Gasteiger partial charge < -0.3 is 15.2 Å². The summed E-state index contributed by atoms with van der Waals surface area (Å²) in [5.41, 5.74) is 0.137. The fraction of sp³-hybridized carbons (Fsp3) is 0.533. The van der Waals surface area contributed by atoms with Crippen LogP contribution in [0.5, 0.6) is 0 Å². The third-order valence-electron chi connectivity index (χ3n) is 3.78. The van der Waals surface area contributed by atoms with Crippen molar-refractivity contribution in [2.45, 2.75) is 31.3 Å². The highest BCUT2D eigenvalue weighted by molar-refractivity contribution is 9.10. The Hall–Kier alpha value is -0.910. The number of halogens is 1. The average Bonchev–Trinajstić information content (AvgIpc) is 2.46. The third kappa shape index (κ3) is 4.04. The molecule has 5 heteroatoms. The van der Waals surface area contributed by atoms with Crippen LogP contribution in [0.4, 0.5) is 0 Å². The Morgan fingerprint density at radius 1 is 1.40 bits per heavy atom. The van der Waals surface area contributed by atoms with Crippen LogP contribution in [0.3, 0.4) is 0 Å². The lowest BCUT2D eigenvalue weighted by molar-refractivity contribution is -0.125. The molecule has 0 aromatic heterocycles. The maximum atomic E-state index is 12.1. The highest BCUT2D eigenvalue weighted by Gasteiger charge is 2.30. The number of nitrogens with one attached hydrogen (secondary N) is 1. The second-order valence-corrected chi connectivity index (χ2v) is 6.24. The number of aliphatic hydroxyl groups is 1. The summed E-state index contributed by atoms with van der Waals surface area (Å²) in [6, 6.07) is 7.70. The first-order valence-electron chi connectivity index (χ1n) is 6.83. The van der Waals surface area contributed by atoms with Gasteiger partial charge in [-0.15, -0.1) is 0 Å². The molecule has 1 aliphatic rings. The van der Waals surface area contributed by atoms with Gasteiger partial charge in [0.15, 0.2) is 0 Å². The zero-order chi connectivity index (χ0) is 14.6. The van der Waals surface area contributed by atoms with E-state index < -0.39 is 5.60 Å². The molecule has 2 N–H and O–H groups in total. The number of carbonyl (C=O) groups is 1. The van der Waals surface area contributed by atoms with Crippen molar-refractivity contribution in [2.24, 2.45) is 0 Å². The molecule has 0 radical (unpaired) electrons. The predicted molar refractivity (Wildman–Crippen MR) is 80.6 cm³/mol. The van der Waals surface area contributed by atoms with E-state index in [4.69, 9.17) is 4.74 Å². The third-order valence-corrected chi connectivity index (χ3v) is 4.31. The first-order valence-corrected chi connectivity index (χ1v) is 7.63. The van der Waals surface area contributed by atoms with Crippen LogP contribution in [0.25, 0.3) is 0 Å². The Morgan fingerprint density at radius 2 is 2.00 bits per heavy atom. The molecule has 1 aliphatic heterocycles. The van der Waals surface area contributed by atoms with Gasteiger partial charge in [0.05, 0.1) is 11.5 Å². The van der Waals surface area contributed by atoms with Gasteiger partial charge in [0.2, 0.25) is 5.91 Å². The van der Waals surface area contributed by atoms with Crippen LogP contribution in [0, 0.1) is 0 Å². The van der Waals surface area contributed by atoms with Crippen LogP contribution < -0.4 is 5.32 Å². The summed E-state index contributed by atoms with van der Waals surface area (Å²) in [7, 11) is 0. The molecule has 0 spiro atoms. The van der Waals surface area contributed by atoms with Crippen LogP contribution in [0.1, 0.15) is 31.2 Å². The van der Waals surface area contributed by atoms with Gasteiger partial charge in [-0.3, -0.25) is 4.79 Å². The maximum absolute atomic E-state index is 12.1. The minimum Gasteiger partial charge on any atom is -0.388 e. The van der Waals surface area contributed by atoms with Gasteiger partial charge in [-0.25, -0.2) is 0 Å². The standard InChI is InChI=1S/C15H20BrNO3/c1-11(12-2-4-13(16)5-3-12)14(18)17-10-15(19)6-8-20-9-7-15/h2-5,11,19H,6-10H2,1H3,(H,17,18). The second kappa shape index (κ2) is 6.70. The zero-order valence-electron chi connectivity index (χ0n) is 11.6. The molecule has 1 unspecified atom stereocenters. The molecule has 110 valence electrons. The van der Waals surface area contributed by atoms with Gasteiger partial charge in [-0.1, -0.05) is 28.1 Å². The molecular weight excluding hydrogens is 322 g/mol. The van der Waals surface area contributed by atoms with E-state index in [9.17, 15) is 9.90 Å². The van der Waals surface area contributed by atoms with Crippen molar-refractivity contribution in [3.8, 4) is 0 Å². The lowest BCUT2D eigenvalue weighted by Gasteiger charge is -2.32. The van der Waals surface area contributed by atoms with E-state index in [0.717, 1.165) is 10.0 Å². The summed E-state index contributed by atoms with van der Waals surface area (Å²) in [6.45, 7) is 3.26. The average molecular weight is 342 g/mol. The molecule has 0 bridgehead atoms. The fourth-order valence-corrected chi connectivity index (χ4v) is 2.50. The summed E-state index contributed by atoms with van der Waals surface area (Å²) in [5.74, 6) is -0.293. The Kier molecular flexibility index (Phi) is 5.18. The largest absolute Gasteiger partial charge is 0.388 e. The molecule has 1 atom stereocenters. The van der Waals surface area contributed by atoms with Crippen LogP contribution in [0.15, 0.2) is 28.7 Å². The van der Waals surface area contributed by atoms with E-state index in [-0.39, 0.29) is 18.4 Å². The van der Waals surface area contributed by atoms with Crippen LogP contribution in [0.2, 0.25) is 0 Å². The molecule has 20 heavy (non-hydrogen) atoms. The molecule has 1 aromatic rings. The summed E-state index contributed by atoms with van der Waals surface area (Å²) in [6.07, 6.45) is 1.14. The van der Waals surface area contributed by atoms with Crippen LogP contribution in [-0.2, 0) is 9.53 Å². The lowest BCUT2D eigenvalue weighted by atomic mass is 9.93. The van der Waals surface area contributed by atoms with Gasteiger partial charge in [-0.05, 0) is 24.6 Å². The van der Waals surface area contributed by atoms with Gasteiger partial charge in [0, 0.05) is 37.1 Å². The molecule has 1 fully saturated rings. The Morgan fingerprint density at radius 3 is 2.60 bits per heavy atom. The number of benzene rings is 1. The van der Waals surface area contributed by atoms with Gasteiger partial charge in [-0.2, -0.15) is 0 Å². The molecule has 2 rings (SSSR count). The summed E-state index contributed by atoms with van der Waals surface area (Å²) >= 11 is 3.38. The van der Waals surface area contributed by atoms with Crippen molar-refractivity contribution >= 4 is 21.8 Å². The molecule has 0 aliphatic carbocycles. The molecule has 1 heterocycles. The molecule has 0 saturated carbocycles. The van der Waals surface area contributed by atoms with Crippen molar-refractivity contribution in [2.75, 3.05) is 19.8 Å². The highest BCUT2D eigenvalue weighted by Crippen LogP contribution is 2.21. The normalized spacial score (nSPS) is 19.4. The maximum Gasteiger partial charge on any atom is 0.227 e. The number of rotatable bonds is 4. The monoisotopic (exact) mass is 341 g/mol. The van der Waals surface area contributed by atoms with Crippen molar-refractivity contribution in [1.29, 1.82) is 0 Å². The molecule has 1 aromatic carbocycles. The topological polar surface area (TPSA) is 58.6 Å². The smallest absolute Gasteiger partial charge is 0.227 e. The summed E-state index contributed by atoms with van der Waals surface area (Å²) in [4.78, 5) is 12.1. The highest BCUT2D eigenvalue weighted by atomic mass is 79.9. The van der Waals surface area contributed by atoms with Gasteiger partial charge >= 0.3 is 0 Å². The van der Waals surface area contributed by atoms with E-state index in [1.807, 2.05) is 31.2 Å². The molecule has 4 nitrogen and oxygen atoms in total. The lowest BCUT2D eigenvalue weighted by Crippen LogP contribution is -2.47. The number of hydrogen-bond acceptors (Lipinski definition) is 3. The van der Waals surface area contributed by atoms with Crippen molar-refractivity contribution < 1.29 is 14.6 Å². The Bertz CT molecular complexity index is 455. The van der Waals surface area contributed by atoms with E-state index in [0.29, 0.717) is 26.1 Å². The van der Waals surface area contributed by atoms with E-state index in [1.54, 1.807) is 0 Å². The Labute approximate surface area is 127 Å². The van der Waals surface area contributed by atoms with Gasteiger partial charge in [0.25, 0.3) is 0 Å². The summed E-state index contributed by atoms with van der Waals surface area (Å²) in [5, 5.41) is 13.2. The van der Waals surface area contributed by atoms with E-state index >= 15 is 0 Å².